The number of hydrogen-bond acceptors (Lipinski definition) is 2. The molecular formula is C17H25NO. The van der Waals surface area contributed by atoms with Crippen LogP contribution < -0.4 is 10.1 Å². The molecular weight excluding hydrogens is 234 g/mol. The summed E-state index contributed by atoms with van der Waals surface area (Å²) in [5.74, 6) is 1.05. The van der Waals surface area contributed by atoms with Gasteiger partial charge >= 0.3 is 0 Å². The smallest absolute Gasteiger partial charge is 0.119 e. The number of hydrogen-bond donors (Lipinski definition) is 1. The maximum Gasteiger partial charge on any atom is 0.119 e. The summed E-state index contributed by atoms with van der Waals surface area (Å²) in [6, 6.07) is 7.39. The number of nitrogens with one attached hydrogen (secondary N) is 1. The van der Waals surface area contributed by atoms with E-state index in [9.17, 15) is 0 Å². The Bertz CT molecular complexity index is 410. The Hall–Kier alpha value is -1.02. The molecule has 0 heterocycles. The Kier molecular flexibility index (Phi) is 4.39. The van der Waals surface area contributed by atoms with Crippen LogP contribution in [0.1, 0.15) is 49.7 Å². The zero-order valence-corrected chi connectivity index (χ0v) is 11.8. The largest absolute Gasteiger partial charge is 0.492 e. The van der Waals surface area contributed by atoms with Crippen LogP contribution in [0.2, 0.25) is 0 Å². The van der Waals surface area contributed by atoms with Crippen LogP contribution in [0, 0.1) is 0 Å². The third kappa shape index (κ3) is 3.50. The van der Waals surface area contributed by atoms with Crippen molar-refractivity contribution in [2.75, 3.05) is 13.2 Å². The molecule has 0 amide bonds. The molecule has 3 rings (SSSR count). The maximum atomic E-state index is 5.87. The van der Waals surface area contributed by atoms with Gasteiger partial charge in [-0.25, -0.2) is 0 Å². The zero-order valence-electron chi connectivity index (χ0n) is 11.8. The number of rotatable bonds is 5. The van der Waals surface area contributed by atoms with Crippen molar-refractivity contribution in [1.82, 2.24) is 5.32 Å². The average molecular weight is 259 g/mol. The fourth-order valence-electron chi connectivity index (χ4n) is 3.36. The van der Waals surface area contributed by atoms with E-state index in [4.69, 9.17) is 4.74 Å². The van der Waals surface area contributed by atoms with Gasteiger partial charge in [0, 0.05) is 12.6 Å². The van der Waals surface area contributed by atoms with Crippen LogP contribution in [0.15, 0.2) is 18.2 Å². The lowest BCUT2D eigenvalue weighted by Gasteiger charge is -2.17. The lowest BCUT2D eigenvalue weighted by Crippen LogP contribution is -2.30. The molecule has 104 valence electrons. The van der Waals surface area contributed by atoms with Gasteiger partial charge in [-0.2, -0.15) is 0 Å². The Labute approximate surface area is 116 Å². The zero-order chi connectivity index (χ0) is 12.9. The first kappa shape index (κ1) is 13.0. The molecule has 0 saturated heterocycles. The predicted molar refractivity (Wildman–Crippen MR) is 78.8 cm³/mol. The Morgan fingerprint density at radius 3 is 2.63 bits per heavy atom. The summed E-state index contributed by atoms with van der Waals surface area (Å²) in [4.78, 5) is 0. The van der Waals surface area contributed by atoms with Crippen molar-refractivity contribution in [2.45, 2.75) is 57.4 Å². The summed E-state index contributed by atoms with van der Waals surface area (Å²) in [7, 11) is 0. The van der Waals surface area contributed by atoms with Crippen LogP contribution in [-0.2, 0) is 12.8 Å². The van der Waals surface area contributed by atoms with Crippen molar-refractivity contribution < 1.29 is 4.74 Å². The fraction of sp³-hybridized carbons (Fsp3) is 0.647. The van der Waals surface area contributed by atoms with Gasteiger partial charge in [0.05, 0.1) is 0 Å². The Morgan fingerprint density at radius 2 is 1.79 bits per heavy atom. The van der Waals surface area contributed by atoms with Crippen molar-refractivity contribution in [1.29, 1.82) is 0 Å². The number of benzene rings is 1. The molecule has 0 radical (unpaired) electrons. The number of ether oxygens (including phenoxy) is 1. The standard InChI is InChI=1S/C17H25NO/c1-2-6-15-13-17(10-9-14(15)5-1)19-12-11-18-16-7-3-4-8-16/h9-10,13,16,18H,1-8,11-12H2. The van der Waals surface area contributed by atoms with Gasteiger partial charge in [0.1, 0.15) is 12.4 Å². The molecule has 1 fully saturated rings. The summed E-state index contributed by atoms with van der Waals surface area (Å²) >= 11 is 0. The van der Waals surface area contributed by atoms with Crippen molar-refractivity contribution in [3.63, 3.8) is 0 Å². The molecule has 0 unspecified atom stereocenters. The second kappa shape index (κ2) is 6.42. The van der Waals surface area contributed by atoms with Gasteiger partial charge in [0.25, 0.3) is 0 Å². The molecule has 0 atom stereocenters. The number of fused-ring (bicyclic) bond motifs is 1. The molecule has 1 aromatic rings. The van der Waals surface area contributed by atoms with Gasteiger partial charge in [-0.05, 0) is 61.8 Å². The molecule has 19 heavy (non-hydrogen) atoms. The Morgan fingerprint density at radius 1 is 1.00 bits per heavy atom. The molecule has 0 bridgehead atoms. The quantitative estimate of drug-likeness (QED) is 0.817. The SMILES string of the molecule is c1cc2c(cc1OCCNC1CCCC1)CCCC2. The van der Waals surface area contributed by atoms with Gasteiger partial charge in [0.15, 0.2) is 0 Å². The van der Waals surface area contributed by atoms with Gasteiger partial charge in [-0.3, -0.25) is 0 Å². The third-order valence-corrected chi connectivity index (χ3v) is 4.48. The summed E-state index contributed by atoms with van der Waals surface area (Å²) in [5.41, 5.74) is 3.04. The normalized spacial score (nSPS) is 19.4. The highest BCUT2D eigenvalue weighted by Gasteiger charge is 2.13. The first-order valence-electron chi connectivity index (χ1n) is 7.90. The minimum atomic E-state index is 0.743. The Balaban J connectivity index is 1.44. The molecule has 2 aliphatic rings. The highest BCUT2D eigenvalue weighted by molar-refractivity contribution is 5.37. The van der Waals surface area contributed by atoms with Crippen LogP contribution >= 0.6 is 0 Å². The lowest BCUT2D eigenvalue weighted by molar-refractivity contribution is 0.304. The lowest BCUT2D eigenvalue weighted by atomic mass is 9.92. The van der Waals surface area contributed by atoms with Crippen molar-refractivity contribution in [3.8, 4) is 5.75 Å². The molecule has 2 heteroatoms. The molecule has 1 N–H and O–H groups in total. The van der Waals surface area contributed by atoms with Gasteiger partial charge in [0.2, 0.25) is 0 Å². The summed E-state index contributed by atoms with van der Waals surface area (Å²) in [6.07, 6.45) is 10.6. The first-order valence-corrected chi connectivity index (χ1v) is 7.90. The van der Waals surface area contributed by atoms with Gasteiger partial charge in [-0.15, -0.1) is 0 Å². The van der Waals surface area contributed by atoms with E-state index >= 15 is 0 Å². The molecule has 0 aromatic heterocycles. The van der Waals surface area contributed by atoms with Crippen molar-refractivity contribution in [3.05, 3.63) is 29.3 Å². The van der Waals surface area contributed by atoms with E-state index in [1.54, 1.807) is 0 Å². The summed E-state index contributed by atoms with van der Waals surface area (Å²) in [6.45, 7) is 1.76. The van der Waals surface area contributed by atoms with E-state index in [1.807, 2.05) is 0 Å². The number of aryl methyl sites for hydroxylation is 2. The third-order valence-electron chi connectivity index (χ3n) is 4.48. The van der Waals surface area contributed by atoms with Crippen molar-refractivity contribution >= 4 is 0 Å². The second-order valence-electron chi connectivity index (χ2n) is 5.92. The first-order chi connectivity index (χ1) is 9.42. The van der Waals surface area contributed by atoms with Crippen LogP contribution in [0.4, 0.5) is 0 Å². The second-order valence-corrected chi connectivity index (χ2v) is 5.92. The minimum absolute atomic E-state index is 0.743. The van der Waals surface area contributed by atoms with Gasteiger partial charge < -0.3 is 10.1 Å². The molecule has 0 aliphatic heterocycles. The minimum Gasteiger partial charge on any atom is -0.492 e. The monoisotopic (exact) mass is 259 g/mol. The highest BCUT2D eigenvalue weighted by atomic mass is 16.5. The molecule has 1 aromatic carbocycles. The molecule has 2 nitrogen and oxygen atoms in total. The van der Waals surface area contributed by atoms with Crippen LogP contribution in [0.3, 0.4) is 0 Å². The van der Waals surface area contributed by atoms with Crippen LogP contribution in [-0.4, -0.2) is 19.2 Å². The summed E-state index contributed by atoms with van der Waals surface area (Å²) in [5, 5.41) is 3.59. The van der Waals surface area contributed by atoms with Gasteiger partial charge in [-0.1, -0.05) is 18.9 Å². The van der Waals surface area contributed by atoms with Crippen LogP contribution in [0.5, 0.6) is 5.75 Å². The molecule has 2 aliphatic carbocycles. The maximum absolute atomic E-state index is 5.87. The fourth-order valence-corrected chi connectivity index (χ4v) is 3.36. The van der Waals surface area contributed by atoms with E-state index < -0.39 is 0 Å². The van der Waals surface area contributed by atoms with E-state index in [1.165, 1.54) is 62.5 Å². The van der Waals surface area contributed by atoms with E-state index in [0.29, 0.717) is 0 Å². The van der Waals surface area contributed by atoms with Crippen LogP contribution in [0.25, 0.3) is 0 Å². The average Bonchev–Trinajstić information content (AvgIpc) is 2.97. The molecule has 0 spiro atoms. The predicted octanol–water partition coefficient (Wildman–Crippen LogP) is 3.48. The van der Waals surface area contributed by atoms with E-state index in [-0.39, 0.29) is 0 Å². The van der Waals surface area contributed by atoms with E-state index in [2.05, 4.69) is 23.5 Å². The topological polar surface area (TPSA) is 21.3 Å². The van der Waals surface area contributed by atoms with Crippen molar-refractivity contribution in [2.24, 2.45) is 0 Å². The molecule has 1 saturated carbocycles. The summed E-state index contributed by atoms with van der Waals surface area (Å²) < 4.78 is 5.87. The van der Waals surface area contributed by atoms with E-state index in [0.717, 1.165) is 24.9 Å². The highest BCUT2D eigenvalue weighted by Crippen LogP contribution is 2.25.